The average Bonchev–Trinajstić information content (AvgIpc) is 2.73. The largest absolute Gasteiger partial charge is 0.483 e. The number of ether oxygens (including phenoxy) is 1. The van der Waals surface area contributed by atoms with E-state index < -0.39 is 10.0 Å². The zero-order chi connectivity index (χ0) is 23.5. The Labute approximate surface area is 193 Å². The molecule has 3 rings (SSSR count). The lowest BCUT2D eigenvalue weighted by molar-refractivity contribution is -0.118. The summed E-state index contributed by atoms with van der Waals surface area (Å²) in [6.07, 6.45) is 0. The standard InChI is InChI=1S/C24H25ClN2O4S/c1-15-8-9-19(12-16(15)2)27-32(29,30)20-10-11-23(17(3)13-20)31-14-24(28)26-22-7-5-6-21(25)18(22)4/h5-13,27H,14H2,1-4H3,(H,26,28). The zero-order valence-electron chi connectivity index (χ0n) is 18.3. The van der Waals surface area contributed by atoms with Crippen molar-refractivity contribution in [2.45, 2.75) is 32.6 Å². The third kappa shape index (κ3) is 5.60. The van der Waals surface area contributed by atoms with Gasteiger partial charge >= 0.3 is 0 Å². The van der Waals surface area contributed by atoms with Gasteiger partial charge in [-0.05, 0) is 92.4 Å². The second-order valence-electron chi connectivity index (χ2n) is 7.58. The van der Waals surface area contributed by atoms with E-state index in [1.807, 2.05) is 26.8 Å². The minimum absolute atomic E-state index is 0.111. The quantitative estimate of drug-likeness (QED) is 0.482. The van der Waals surface area contributed by atoms with Crippen LogP contribution in [0.2, 0.25) is 5.02 Å². The summed E-state index contributed by atoms with van der Waals surface area (Å²) in [4.78, 5) is 12.4. The molecule has 168 valence electrons. The minimum Gasteiger partial charge on any atom is -0.483 e. The Hall–Kier alpha value is -3.03. The normalized spacial score (nSPS) is 11.2. The summed E-state index contributed by atoms with van der Waals surface area (Å²) < 4.78 is 33.7. The van der Waals surface area contributed by atoms with Crippen LogP contribution in [0.4, 0.5) is 11.4 Å². The van der Waals surface area contributed by atoms with E-state index in [1.165, 1.54) is 12.1 Å². The molecule has 0 saturated carbocycles. The van der Waals surface area contributed by atoms with Crippen LogP contribution in [-0.4, -0.2) is 20.9 Å². The van der Waals surface area contributed by atoms with Crippen molar-refractivity contribution in [1.29, 1.82) is 0 Å². The molecule has 0 aliphatic heterocycles. The van der Waals surface area contributed by atoms with Crippen LogP contribution in [0.15, 0.2) is 59.5 Å². The summed E-state index contributed by atoms with van der Waals surface area (Å²) in [6, 6.07) is 15.1. The van der Waals surface area contributed by atoms with Crippen LogP contribution in [0.1, 0.15) is 22.3 Å². The van der Waals surface area contributed by atoms with Crippen molar-refractivity contribution in [2.75, 3.05) is 16.6 Å². The van der Waals surface area contributed by atoms with Crippen LogP contribution in [-0.2, 0) is 14.8 Å². The SMILES string of the molecule is Cc1ccc(NS(=O)(=O)c2ccc(OCC(=O)Nc3cccc(Cl)c3C)c(C)c2)cc1C. The maximum absolute atomic E-state index is 12.8. The molecule has 0 unspecified atom stereocenters. The fourth-order valence-electron chi connectivity index (χ4n) is 3.04. The zero-order valence-corrected chi connectivity index (χ0v) is 19.9. The molecule has 0 fully saturated rings. The molecule has 0 aromatic heterocycles. The Balaban J connectivity index is 1.67. The number of rotatable bonds is 7. The van der Waals surface area contributed by atoms with Crippen molar-refractivity contribution in [1.82, 2.24) is 0 Å². The number of amides is 1. The summed E-state index contributed by atoms with van der Waals surface area (Å²) in [6.45, 7) is 7.20. The second-order valence-corrected chi connectivity index (χ2v) is 9.67. The lowest BCUT2D eigenvalue weighted by atomic mass is 10.1. The van der Waals surface area contributed by atoms with Gasteiger partial charge in [0.25, 0.3) is 15.9 Å². The molecule has 0 radical (unpaired) electrons. The first-order valence-corrected chi connectivity index (χ1v) is 11.8. The first kappa shape index (κ1) is 23.6. The van der Waals surface area contributed by atoms with E-state index in [4.69, 9.17) is 16.3 Å². The van der Waals surface area contributed by atoms with Gasteiger partial charge in [0.15, 0.2) is 6.61 Å². The van der Waals surface area contributed by atoms with Crippen molar-refractivity contribution in [2.24, 2.45) is 0 Å². The number of hydrogen-bond acceptors (Lipinski definition) is 4. The van der Waals surface area contributed by atoms with Crippen LogP contribution < -0.4 is 14.8 Å². The third-order valence-electron chi connectivity index (χ3n) is 5.12. The van der Waals surface area contributed by atoms with E-state index in [9.17, 15) is 13.2 Å². The Morgan fingerprint density at radius 2 is 1.69 bits per heavy atom. The van der Waals surface area contributed by atoms with E-state index >= 15 is 0 Å². The molecule has 1 amide bonds. The van der Waals surface area contributed by atoms with Crippen LogP contribution in [0, 0.1) is 27.7 Å². The lowest BCUT2D eigenvalue weighted by Crippen LogP contribution is -2.21. The first-order chi connectivity index (χ1) is 15.1. The Kier molecular flexibility index (Phi) is 7.11. The Morgan fingerprint density at radius 3 is 2.38 bits per heavy atom. The van der Waals surface area contributed by atoms with E-state index in [1.54, 1.807) is 43.3 Å². The lowest BCUT2D eigenvalue weighted by Gasteiger charge is -2.13. The molecular weight excluding hydrogens is 448 g/mol. The highest BCUT2D eigenvalue weighted by Crippen LogP contribution is 2.25. The summed E-state index contributed by atoms with van der Waals surface area (Å²) in [5.41, 5.74) is 4.56. The van der Waals surface area contributed by atoms with E-state index in [-0.39, 0.29) is 17.4 Å². The number of carbonyl (C=O) groups is 1. The third-order valence-corrected chi connectivity index (χ3v) is 6.90. The van der Waals surface area contributed by atoms with Crippen molar-refractivity contribution in [3.63, 3.8) is 0 Å². The van der Waals surface area contributed by atoms with Crippen LogP contribution in [0.5, 0.6) is 5.75 Å². The maximum Gasteiger partial charge on any atom is 0.262 e. The first-order valence-electron chi connectivity index (χ1n) is 9.95. The molecule has 8 heteroatoms. The number of anilines is 2. The number of aryl methyl sites for hydroxylation is 3. The van der Waals surface area contributed by atoms with Gasteiger partial charge in [-0.2, -0.15) is 0 Å². The van der Waals surface area contributed by atoms with Crippen molar-refractivity contribution in [3.05, 3.63) is 81.9 Å². The van der Waals surface area contributed by atoms with E-state index in [0.29, 0.717) is 27.7 Å². The number of sulfonamides is 1. The molecule has 3 aromatic carbocycles. The van der Waals surface area contributed by atoms with Crippen LogP contribution >= 0.6 is 11.6 Å². The van der Waals surface area contributed by atoms with Gasteiger partial charge in [-0.1, -0.05) is 23.7 Å². The molecule has 3 aromatic rings. The molecular formula is C24H25ClN2O4S. The van der Waals surface area contributed by atoms with Gasteiger partial charge in [0, 0.05) is 16.4 Å². The fourth-order valence-corrected chi connectivity index (χ4v) is 4.35. The van der Waals surface area contributed by atoms with Crippen LogP contribution in [0.3, 0.4) is 0 Å². The molecule has 0 spiro atoms. The van der Waals surface area contributed by atoms with Gasteiger partial charge in [-0.3, -0.25) is 9.52 Å². The van der Waals surface area contributed by atoms with Gasteiger partial charge < -0.3 is 10.1 Å². The second kappa shape index (κ2) is 9.63. The monoisotopic (exact) mass is 472 g/mol. The highest BCUT2D eigenvalue weighted by Gasteiger charge is 2.17. The summed E-state index contributed by atoms with van der Waals surface area (Å²) in [7, 11) is -3.76. The highest BCUT2D eigenvalue weighted by atomic mass is 35.5. The van der Waals surface area contributed by atoms with Crippen molar-refractivity contribution < 1.29 is 17.9 Å². The predicted octanol–water partition coefficient (Wildman–Crippen LogP) is 5.39. The predicted molar refractivity (Wildman–Crippen MR) is 128 cm³/mol. The van der Waals surface area contributed by atoms with Gasteiger partial charge in [-0.15, -0.1) is 0 Å². The topological polar surface area (TPSA) is 84.5 Å². The van der Waals surface area contributed by atoms with Gasteiger partial charge in [0.1, 0.15) is 5.75 Å². The fraction of sp³-hybridized carbons (Fsp3) is 0.208. The number of carbonyl (C=O) groups excluding carboxylic acids is 1. The number of halogens is 1. The molecule has 0 aliphatic carbocycles. The van der Waals surface area contributed by atoms with Crippen LogP contribution in [0.25, 0.3) is 0 Å². The highest BCUT2D eigenvalue weighted by molar-refractivity contribution is 7.92. The molecule has 6 nitrogen and oxygen atoms in total. The number of benzene rings is 3. The average molecular weight is 473 g/mol. The maximum atomic E-state index is 12.8. The molecule has 2 N–H and O–H groups in total. The number of nitrogens with one attached hydrogen (secondary N) is 2. The summed E-state index contributed by atoms with van der Waals surface area (Å²) >= 11 is 6.07. The molecule has 0 bridgehead atoms. The molecule has 0 atom stereocenters. The van der Waals surface area contributed by atoms with Crippen molar-refractivity contribution >= 4 is 38.9 Å². The molecule has 0 saturated heterocycles. The van der Waals surface area contributed by atoms with Gasteiger partial charge in [-0.25, -0.2) is 8.42 Å². The van der Waals surface area contributed by atoms with Gasteiger partial charge in [0.05, 0.1) is 4.90 Å². The molecule has 32 heavy (non-hydrogen) atoms. The Bertz CT molecular complexity index is 1270. The molecule has 0 aliphatic rings. The van der Waals surface area contributed by atoms with E-state index in [2.05, 4.69) is 10.0 Å². The van der Waals surface area contributed by atoms with Gasteiger partial charge in [0.2, 0.25) is 0 Å². The summed E-state index contributed by atoms with van der Waals surface area (Å²) in [5, 5.41) is 3.32. The smallest absolute Gasteiger partial charge is 0.262 e. The van der Waals surface area contributed by atoms with E-state index in [0.717, 1.165) is 16.7 Å². The minimum atomic E-state index is -3.76. The van der Waals surface area contributed by atoms with Crippen molar-refractivity contribution in [3.8, 4) is 5.75 Å². The Morgan fingerprint density at radius 1 is 0.938 bits per heavy atom. The number of hydrogen-bond donors (Lipinski definition) is 2. The summed E-state index contributed by atoms with van der Waals surface area (Å²) in [5.74, 6) is 0.0796. The molecule has 0 heterocycles.